The van der Waals surface area contributed by atoms with E-state index >= 15 is 0 Å². The molecule has 12 heteroatoms. The van der Waals surface area contributed by atoms with E-state index in [1.165, 1.54) is 4.90 Å². The van der Waals surface area contributed by atoms with Crippen LogP contribution in [0.4, 0.5) is 20.3 Å². The van der Waals surface area contributed by atoms with Crippen molar-refractivity contribution < 1.29 is 18.3 Å². The van der Waals surface area contributed by atoms with E-state index in [0.717, 1.165) is 69.4 Å². The van der Waals surface area contributed by atoms with E-state index in [4.69, 9.17) is 21.3 Å². The first kappa shape index (κ1) is 30.2. The van der Waals surface area contributed by atoms with Gasteiger partial charge in [0.1, 0.15) is 18.6 Å². The van der Waals surface area contributed by atoms with Crippen LogP contribution in [0.2, 0.25) is 4.34 Å². The monoisotopic (exact) mass is 652 g/mol. The number of halogens is 3. The molecule has 0 N–H and O–H groups in total. The molecule has 0 aliphatic carbocycles. The minimum atomic E-state index is -1.03. The van der Waals surface area contributed by atoms with Crippen LogP contribution in [0.3, 0.4) is 0 Å². The van der Waals surface area contributed by atoms with Crippen molar-refractivity contribution in [1.82, 2.24) is 14.8 Å². The standard InChI is InChI=1S/C33H35ClF2N6O2S/c1-21(35)32(43)42-13-12-40(19-25(42)6-9-37)31-26-7-11-39(27-5-2-4-22-14-28(34)45-30(22)27)17-23(26)15-29(38-31)44-20-33-8-3-10-41(33)18-24(36)16-33/h2,4-5,14-15,24-25H,1,3,6-8,10-13,16-20H2/t24-,25+,33?/m1/s1. The summed E-state index contributed by atoms with van der Waals surface area (Å²) in [4.78, 5) is 25.7. The predicted molar refractivity (Wildman–Crippen MR) is 173 cm³/mol. The first-order valence-corrected chi connectivity index (χ1v) is 16.7. The molecule has 0 radical (unpaired) electrons. The normalized spacial score (nSPS) is 24.9. The van der Waals surface area contributed by atoms with E-state index in [1.54, 1.807) is 11.3 Å². The maximum absolute atomic E-state index is 14.5. The highest BCUT2D eigenvalue weighted by atomic mass is 35.5. The maximum atomic E-state index is 14.5. The van der Waals surface area contributed by atoms with Gasteiger partial charge in [-0.1, -0.05) is 30.3 Å². The van der Waals surface area contributed by atoms with Crippen LogP contribution in [0.25, 0.3) is 10.1 Å². The molecular weight excluding hydrogens is 618 g/mol. The number of carbonyl (C=O) groups excluding carboxylic acids is 1. The van der Waals surface area contributed by atoms with Crippen LogP contribution in [0.1, 0.15) is 36.8 Å². The van der Waals surface area contributed by atoms with E-state index in [1.807, 2.05) is 12.1 Å². The molecule has 4 aliphatic heterocycles. The molecule has 3 fully saturated rings. The molecule has 1 amide bonds. The second kappa shape index (κ2) is 12.0. The fourth-order valence-electron chi connectivity index (χ4n) is 7.74. The summed E-state index contributed by atoms with van der Waals surface area (Å²) < 4.78 is 36.7. The average molecular weight is 653 g/mol. The minimum absolute atomic E-state index is 0.0673. The molecule has 0 bridgehead atoms. The highest BCUT2D eigenvalue weighted by Gasteiger charge is 2.49. The Balaban J connectivity index is 1.22. The third-order valence-corrected chi connectivity index (χ3v) is 11.2. The van der Waals surface area contributed by atoms with Crippen LogP contribution in [0.15, 0.2) is 42.7 Å². The molecule has 0 saturated carbocycles. The van der Waals surface area contributed by atoms with E-state index in [0.29, 0.717) is 45.1 Å². The molecule has 3 atom stereocenters. The molecule has 8 nitrogen and oxygen atoms in total. The molecule has 6 heterocycles. The topological polar surface area (TPSA) is 75.9 Å². The smallest absolute Gasteiger partial charge is 0.282 e. The second-order valence-corrected chi connectivity index (χ2v) is 14.3. The second-order valence-electron chi connectivity index (χ2n) is 12.6. The molecule has 3 aromatic rings. The summed E-state index contributed by atoms with van der Waals surface area (Å²) in [6.07, 6.45) is 2.35. The number of nitriles is 1. The molecule has 2 aromatic heterocycles. The number of hydrogen-bond donors (Lipinski definition) is 0. The fourth-order valence-corrected chi connectivity index (χ4v) is 9.02. The Morgan fingerprint density at radius 3 is 2.91 bits per heavy atom. The van der Waals surface area contributed by atoms with Crippen molar-refractivity contribution >= 4 is 50.4 Å². The van der Waals surface area contributed by atoms with Crippen molar-refractivity contribution in [3.63, 3.8) is 0 Å². The third-order valence-electron chi connectivity index (χ3n) is 9.85. The van der Waals surface area contributed by atoms with Crippen LogP contribution < -0.4 is 14.5 Å². The van der Waals surface area contributed by atoms with Gasteiger partial charge in [0.15, 0.2) is 5.83 Å². The van der Waals surface area contributed by atoms with Gasteiger partial charge in [0.05, 0.1) is 38.8 Å². The van der Waals surface area contributed by atoms with Gasteiger partial charge in [0.2, 0.25) is 5.88 Å². The number of anilines is 2. The zero-order valence-electron chi connectivity index (χ0n) is 25.0. The summed E-state index contributed by atoms with van der Waals surface area (Å²) in [5, 5.41) is 10.6. The molecule has 45 heavy (non-hydrogen) atoms. The number of rotatable bonds is 7. The number of benzene rings is 1. The van der Waals surface area contributed by atoms with Crippen LogP contribution in [0, 0.1) is 11.3 Å². The number of alkyl halides is 1. The van der Waals surface area contributed by atoms with Gasteiger partial charge >= 0.3 is 0 Å². The zero-order valence-corrected chi connectivity index (χ0v) is 26.6. The molecule has 236 valence electrons. The fraction of sp³-hybridized carbons (Fsp3) is 0.485. The van der Waals surface area contributed by atoms with Crippen LogP contribution in [0.5, 0.6) is 5.88 Å². The Bertz CT molecular complexity index is 1700. The summed E-state index contributed by atoms with van der Waals surface area (Å²) >= 11 is 7.97. The Labute approximate surface area is 270 Å². The molecule has 3 saturated heterocycles. The van der Waals surface area contributed by atoms with Crippen molar-refractivity contribution in [3.8, 4) is 11.9 Å². The SMILES string of the molecule is C=C(F)C(=O)N1CCN(c2nc(OCC34CCCN3C[C@H](F)C4)cc3c2CCN(c2cccc4cc(Cl)sc24)C3)C[C@@H]1CC#N. The van der Waals surface area contributed by atoms with E-state index < -0.39 is 23.9 Å². The number of piperazine rings is 1. The summed E-state index contributed by atoms with van der Waals surface area (Å²) in [5.74, 6) is -0.547. The molecule has 7 rings (SSSR count). The number of fused-ring (bicyclic) bond motifs is 3. The van der Waals surface area contributed by atoms with Gasteiger partial charge < -0.3 is 19.4 Å². The molecule has 1 aromatic carbocycles. The van der Waals surface area contributed by atoms with Gasteiger partial charge in [0.25, 0.3) is 5.91 Å². The van der Waals surface area contributed by atoms with Crippen molar-refractivity contribution in [2.24, 2.45) is 0 Å². The Morgan fingerprint density at radius 1 is 1.22 bits per heavy atom. The van der Waals surface area contributed by atoms with Gasteiger partial charge in [-0.3, -0.25) is 9.69 Å². The summed E-state index contributed by atoms with van der Waals surface area (Å²) in [5.41, 5.74) is 3.01. The Kier molecular flexibility index (Phi) is 8.09. The molecule has 4 aliphatic rings. The van der Waals surface area contributed by atoms with Gasteiger partial charge in [-0.05, 0) is 48.9 Å². The van der Waals surface area contributed by atoms with Gasteiger partial charge in [-0.15, -0.1) is 11.3 Å². The average Bonchev–Trinajstić information content (AvgIpc) is 3.69. The van der Waals surface area contributed by atoms with Gasteiger partial charge in [-0.2, -0.15) is 10.2 Å². The van der Waals surface area contributed by atoms with Gasteiger partial charge in [-0.25, -0.2) is 8.78 Å². The maximum Gasteiger partial charge on any atom is 0.282 e. The minimum Gasteiger partial charge on any atom is -0.476 e. The Hall–Kier alpha value is -3.46. The molecule has 1 unspecified atom stereocenters. The summed E-state index contributed by atoms with van der Waals surface area (Å²) in [6.45, 7) is 7.32. The van der Waals surface area contributed by atoms with Crippen LogP contribution >= 0.6 is 22.9 Å². The lowest BCUT2D eigenvalue weighted by atomic mass is 9.95. The highest BCUT2D eigenvalue weighted by molar-refractivity contribution is 7.23. The lowest BCUT2D eigenvalue weighted by molar-refractivity contribution is -0.131. The van der Waals surface area contributed by atoms with E-state index in [-0.39, 0.29) is 18.5 Å². The van der Waals surface area contributed by atoms with Crippen molar-refractivity contribution in [2.75, 3.05) is 55.7 Å². The summed E-state index contributed by atoms with van der Waals surface area (Å²) in [7, 11) is 0. The number of aromatic nitrogens is 1. The molecular formula is C33H35ClF2N6O2S. The number of thiophene rings is 1. The quantitative estimate of drug-likeness (QED) is 0.295. The van der Waals surface area contributed by atoms with Gasteiger partial charge in [0, 0.05) is 57.3 Å². The van der Waals surface area contributed by atoms with Crippen molar-refractivity contribution in [3.05, 3.63) is 58.2 Å². The number of nitrogens with zero attached hydrogens (tertiary/aromatic N) is 6. The first-order valence-electron chi connectivity index (χ1n) is 15.5. The largest absolute Gasteiger partial charge is 0.476 e. The number of hydrogen-bond acceptors (Lipinski definition) is 8. The predicted octanol–water partition coefficient (Wildman–Crippen LogP) is 5.88. The van der Waals surface area contributed by atoms with Crippen molar-refractivity contribution in [1.29, 1.82) is 5.26 Å². The first-order chi connectivity index (χ1) is 21.7. The zero-order chi connectivity index (χ0) is 31.3. The number of carbonyl (C=O) groups is 1. The number of ether oxygens (including phenoxy) is 1. The summed E-state index contributed by atoms with van der Waals surface area (Å²) in [6, 6.07) is 11.9. The third kappa shape index (κ3) is 5.62. The number of amides is 1. The highest BCUT2D eigenvalue weighted by Crippen LogP contribution is 2.42. The number of pyridine rings is 1. The molecule has 0 spiro atoms. The Morgan fingerprint density at radius 2 is 2.09 bits per heavy atom. The van der Waals surface area contributed by atoms with Crippen molar-refractivity contribution in [2.45, 2.75) is 56.4 Å². The van der Waals surface area contributed by atoms with E-state index in [2.05, 4.69) is 45.5 Å². The van der Waals surface area contributed by atoms with E-state index in [9.17, 15) is 18.8 Å². The van der Waals surface area contributed by atoms with Crippen LogP contribution in [-0.4, -0.2) is 84.3 Å². The van der Waals surface area contributed by atoms with Crippen LogP contribution in [-0.2, 0) is 17.8 Å². The lowest BCUT2D eigenvalue weighted by Gasteiger charge is -2.42. The lowest BCUT2D eigenvalue weighted by Crippen LogP contribution is -2.55.